The number of aliphatic hydroxyl groups excluding tert-OH is 1. The number of aliphatic hydroxyl groups is 1. The van der Waals surface area contributed by atoms with Crippen molar-refractivity contribution >= 4 is 15.9 Å². The van der Waals surface area contributed by atoms with Crippen LogP contribution >= 0.6 is 0 Å². The quantitative estimate of drug-likeness (QED) is 0.635. The highest BCUT2D eigenvalue weighted by Gasteiger charge is 2.38. The second-order valence-electron chi connectivity index (χ2n) is 8.62. The van der Waals surface area contributed by atoms with Crippen molar-refractivity contribution in [1.29, 1.82) is 0 Å². The summed E-state index contributed by atoms with van der Waals surface area (Å²) >= 11 is 0. The van der Waals surface area contributed by atoms with E-state index >= 15 is 0 Å². The van der Waals surface area contributed by atoms with Gasteiger partial charge < -0.3 is 19.5 Å². The summed E-state index contributed by atoms with van der Waals surface area (Å²) in [6.07, 6.45) is -0.545. The first kappa shape index (κ1) is 26.1. The Bertz CT molecular complexity index is 1130. The monoisotopic (exact) mass is 494 g/mol. The fourth-order valence-corrected chi connectivity index (χ4v) is 5.72. The third-order valence-corrected chi connectivity index (χ3v) is 7.99. The summed E-state index contributed by atoms with van der Waals surface area (Å²) in [7, 11) is -0.933. The molecule has 0 aliphatic carbocycles. The second-order valence-corrected chi connectivity index (χ2v) is 10.5. The van der Waals surface area contributed by atoms with Crippen molar-refractivity contribution in [3.05, 3.63) is 48.3 Å². The van der Waals surface area contributed by atoms with E-state index in [1.807, 2.05) is 6.92 Å². The minimum Gasteiger partial charge on any atom is -0.487 e. The first-order valence-corrected chi connectivity index (χ1v) is 12.4. The molecule has 1 amide bonds. The molecule has 0 unspecified atom stereocenters. The summed E-state index contributed by atoms with van der Waals surface area (Å²) in [4.78, 5) is 13.7. The van der Waals surface area contributed by atoms with Crippen LogP contribution in [0.2, 0.25) is 0 Å². The summed E-state index contributed by atoms with van der Waals surface area (Å²) in [5, 5.41) is 9.74. The van der Waals surface area contributed by atoms with Gasteiger partial charge in [0, 0.05) is 32.7 Å². The van der Waals surface area contributed by atoms with Gasteiger partial charge in [-0.1, -0.05) is 25.1 Å². The lowest BCUT2D eigenvalue weighted by atomic mass is 10.0. The number of nitrogens with zero attached hydrogens (tertiary/aromatic N) is 2. The number of hydrogen-bond acceptors (Lipinski definition) is 6. The van der Waals surface area contributed by atoms with Gasteiger partial charge >= 0.3 is 0 Å². The Balaban J connectivity index is 2.09. The molecule has 0 spiro atoms. The summed E-state index contributed by atoms with van der Waals surface area (Å²) in [5.41, 5.74) is 1.16. The largest absolute Gasteiger partial charge is 0.487 e. The van der Waals surface area contributed by atoms with Crippen LogP contribution < -0.4 is 4.74 Å². The van der Waals surface area contributed by atoms with Gasteiger partial charge in [0.1, 0.15) is 29.2 Å². The predicted molar refractivity (Wildman–Crippen MR) is 125 cm³/mol. The maximum Gasteiger partial charge on any atom is 0.248 e. The number of hydrogen-bond donors (Lipinski definition) is 1. The summed E-state index contributed by atoms with van der Waals surface area (Å²) in [6, 6.07) is 9.94. The van der Waals surface area contributed by atoms with Crippen LogP contribution in [-0.2, 0) is 19.6 Å². The molecule has 34 heavy (non-hydrogen) atoms. The number of sulfonamides is 1. The van der Waals surface area contributed by atoms with E-state index in [2.05, 4.69) is 0 Å². The molecule has 0 radical (unpaired) electrons. The number of fused-ring (bicyclic) bond motifs is 1. The van der Waals surface area contributed by atoms with E-state index in [1.54, 1.807) is 38.2 Å². The minimum atomic E-state index is -4.00. The molecule has 1 aliphatic rings. The molecule has 0 aromatic heterocycles. The molecule has 3 atom stereocenters. The highest BCUT2D eigenvalue weighted by molar-refractivity contribution is 7.89. The number of rotatable bonds is 7. The number of benzene rings is 2. The van der Waals surface area contributed by atoms with Crippen LogP contribution in [0.25, 0.3) is 11.1 Å². The summed E-state index contributed by atoms with van der Waals surface area (Å²) < 4.78 is 53.3. The van der Waals surface area contributed by atoms with Crippen molar-refractivity contribution in [3.63, 3.8) is 0 Å². The molecule has 186 valence electrons. The number of ether oxygens (including phenoxy) is 2. The molecule has 8 nitrogen and oxygen atoms in total. The SMILES string of the molecule is COCC(=O)N(C)C[C@H]1Oc2cc(-c3cccc(F)c3)ccc2S(=O)(=O)N([C@H](C)CO)C[C@@H]1C. The van der Waals surface area contributed by atoms with E-state index in [9.17, 15) is 22.7 Å². The molecule has 1 N–H and O–H groups in total. The fourth-order valence-electron chi connectivity index (χ4n) is 3.90. The number of halogens is 1. The standard InChI is InChI=1S/C24H31FN2O6S/c1-16-12-27(17(2)14-28)34(30,31)23-9-8-19(18-6-5-7-20(25)10-18)11-21(23)33-22(16)13-26(3)24(29)15-32-4/h5-11,16-17,22,28H,12-15H2,1-4H3/t16-,17+,22+/m0/s1. The third kappa shape index (κ3) is 5.57. The van der Waals surface area contributed by atoms with E-state index in [4.69, 9.17) is 9.47 Å². The molecule has 0 saturated heterocycles. The zero-order valence-corrected chi connectivity index (χ0v) is 20.6. The smallest absolute Gasteiger partial charge is 0.248 e. The molecule has 0 saturated carbocycles. The van der Waals surface area contributed by atoms with Crippen LogP contribution in [0.3, 0.4) is 0 Å². The topological polar surface area (TPSA) is 96.4 Å². The van der Waals surface area contributed by atoms with E-state index < -0.39 is 28.0 Å². The molecular weight excluding hydrogens is 463 g/mol. The van der Waals surface area contributed by atoms with Crippen LogP contribution in [0.5, 0.6) is 5.75 Å². The van der Waals surface area contributed by atoms with E-state index in [1.165, 1.54) is 34.5 Å². The highest BCUT2D eigenvalue weighted by atomic mass is 32.2. The number of carbonyl (C=O) groups is 1. The molecule has 0 bridgehead atoms. The first-order chi connectivity index (χ1) is 16.1. The molecule has 1 heterocycles. The van der Waals surface area contributed by atoms with Gasteiger partial charge in [-0.3, -0.25) is 4.79 Å². The molecule has 0 fully saturated rings. The Hall–Kier alpha value is -2.53. The number of likely N-dealkylation sites (N-methyl/N-ethyl adjacent to an activating group) is 1. The maximum atomic E-state index is 13.8. The van der Waals surface area contributed by atoms with Gasteiger partial charge in [0.15, 0.2) is 0 Å². The normalized spacial score (nSPS) is 21.0. The third-order valence-electron chi connectivity index (χ3n) is 5.97. The zero-order chi connectivity index (χ0) is 25.0. The Labute approximate surface area is 199 Å². The van der Waals surface area contributed by atoms with E-state index in [-0.39, 0.29) is 48.8 Å². The predicted octanol–water partition coefficient (Wildman–Crippen LogP) is 2.37. The van der Waals surface area contributed by atoms with Crippen molar-refractivity contribution in [2.75, 3.05) is 40.5 Å². The fraction of sp³-hybridized carbons (Fsp3) is 0.458. The van der Waals surface area contributed by atoms with Crippen molar-refractivity contribution in [3.8, 4) is 16.9 Å². The van der Waals surface area contributed by atoms with Crippen molar-refractivity contribution in [2.45, 2.75) is 30.9 Å². The molecular formula is C24H31FN2O6S. The van der Waals surface area contributed by atoms with Gasteiger partial charge in [0.05, 0.1) is 13.2 Å². The average molecular weight is 495 g/mol. The van der Waals surface area contributed by atoms with Gasteiger partial charge in [-0.25, -0.2) is 12.8 Å². The van der Waals surface area contributed by atoms with Crippen LogP contribution in [-0.4, -0.2) is 81.2 Å². The zero-order valence-electron chi connectivity index (χ0n) is 19.8. The minimum absolute atomic E-state index is 0.0456. The van der Waals surface area contributed by atoms with Crippen molar-refractivity contribution in [2.24, 2.45) is 5.92 Å². The van der Waals surface area contributed by atoms with E-state index in [0.717, 1.165) is 0 Å². The Morgan fingerprint density at radius 2 is 2.00 bits per heavy atom. The van der Waals surface area contributed by atoms with Crippen molar-refractivity contribution in [1.82, 2.24) is 9.21 Å². The highest BCUT2D eigenvalue weighted by Crippen LogP contribution is 2.36. The van der Waals surface area contributed by atoms with Gasteiger partial charge in [0.2, 0.25) is 15.9 Å². The van der Waals surface area contributed by atoms with Crippen LogP contribution in [0, 0.1) is 11.7 Å². The first-order valence-electron chi connectivity index (χ1n) is 11.0. The van der Waals surface area contributed by atoms with Crippen LogP contribution in [0.1, 0.15) is 13.8 Å². The Morgan fingerprint density at radius 1 is 1.29 bits per heavy atom. The van der Waals surface area contributed by atoms with E-state index in [0.29, 0.717) is 11.1 Å². The lowest BCUT2D eigenvalue weighted by molar-refractivity contribution is -0.135. The Morgan fingerprint density at radius 3 is 2.65 bits per heavy atom. The van der Waals surface area contributed by atoms with Crippen LogP contribution in [0.4, 0.5) is 4.39 Å². The number of carbonyl (C=O) groups excluding carboxylic acids is 1. The molecule has 2 aromatic rings. The lowest BCUT2D eigenvalue weighted by Gasteiger charge is -2.37. The molecule has 1 aliphatic heterocycles. The maximum absolute atomic E-state index is 13.8. The molecule has 3 rings (SSSR count). The summed E-state index contributed by atoms with van der Waals surface area (Å²) in [5.74, 6) is -0.846. The van der Waals surface area contributed by atoms with Gasteiger partial charge in [-0.05, 0) is 42.3 Å². The number of methoxy groups -OCH3 is 1. The Kier molecular flexibility index (Phi) is 8.29. The van der Waals surface area contributed by atoms with Crippen molar-refractivity contribution < 1.29 is 32.2 Å². The van der Waals surface area contributed by atoms with Gasteiger partial charge in [-0.15, -0.1) is 0 Å². The van der Waals surface area contributed by atoms with Crippen LogP contribution in [0.15, 0.2) is 47.4 Å². The lowest BCUT2D eigenvalue weighted by Crippen LogP contribution is -2.50. The van der Waals surface area contributed by atoms with Gasteiger partial charge in [0.25, 0.3) is 0 Å². The van der Waals surface area contributed by atoms with Gasteiger partial charge in [-0.2, -0.15) is 4.31 Å². The number of amides is 1. The summed E-state index contributed by atoms with van der Waals surface area (Å²) in [6.45, 7) is 3.35. The average Bonchev–Trinajstić information content (AvgIpc) is 2.80. The molecule has 2 aromatic carbocycles. The second kappa shape index (κ2) is 10.8. The molecule has 10 heteroatoms.